The molecular formula is C22H23NO4. The number of carbonyl (C=O) groups excluding carboxylic acids is 3. The highest BCUT2D eigenvalue weighted by molar-refractivity contribution is 6.14. The molecule has 0 saturated carbocycles. The molecule has 1 aliphatic rings. The van der Waals surface area contributed by atoms with E-state index >= 15 is 0 Å². The third-order valence-corrected chi connectivity index (χ3v) is 4.75. The van der Waals surface area contributed by atoms with Gasteiger partial charge in [-0.05, 0) is 32.8 Å². The quantitative estimate of drug-likeness (QED) is 0.602. The lowest BCUT2D eigenvalue weighted by Gasteiger charge is -2.20. The second-order valence-corrected chi connectivity index (χ2v) is 6.82. The Morgan fingerprint density at radius 2 is 1.52 bits per heavy atom. The summed E-state index contributed by atoms with van der Waals surface area (Å²) in [6.07, 6.45) is 1.07. The lowest BCUT2D eigenvalue weighted by molar-refractivity contribution is -0.138. The van der Waals surface area contributed by atoms with Crippen LogP contribution in [0.1, 0.15) is 51.6 Å². The normalized spacial score (nSPS) is 14.7. The predicted octanol–water partition coefficient (Wildman–Crippen LogP) is 3.39. The van der Waals surface area contributed by atoms with Gasteiger partial charge in [0, 0.05) is 24.2 Å². The van der Waals surface area contributed by atoms with Crippen molar-refractivity contribution in [2.75, 3.05) is 13.1 Å². The van der Waals surface area contributed by atoms with E-state index in [1.54, 1.807) is 48.2 Å². The highest BCUT2D eigenvalue weighted by atomic mass is 16.5. The fourth-order valence-corrected chi connectivity index (χ4v) is 3.19. The van der Waals surface area contributed by atoms with Gasteiger partial charge >= 0.3 is 5.97 Å². The Balaban J connectivity index is 1.78. The molecule has 0 aliphatic carbocycles. The molecule has 3 rings (SSSR count). The molecule has 1 aliphatic heterocycles. The number of amides is 1. The number of hydrogen-bond donors (Lipinski definition) is 0. The van der Waals surface area contributed by atoms with Gasteiger partial charge < -0.3 is 9.64 Å². The number of likely N-dealkylation sites (tertiary alicyclic amines) is 1. The smallest absolute Gasteiger partial charge is 0.339 e. The van der Waals surface area contributed by atoms with Crippen molar-refractivity contribution in [2.24, 2.45) is 0 Å². The number of aryl methyl sites for hydroxylation is 1. The minimum atomic E-state index is -0.877. The SMILES string of the molecule is Cc1ccc(C(=O)c2ccccc2C(=O)O[C@@H](C)C(=O)N2CCCC2)cc1. The predicted molar refractivity (Wildman–Crippen MR) is 102 cm³/mol. The molecule has 0 N–H and O–H groups in total. The Kier molecular flexibility index (Phi) is 5.69. The first-order valence-corrected chi connectivity index (χ1v) is 9.17. The molecule has 2 aromatic carbocycles. The van der Waals surface area contributed by atoms with E-state index in [0.29, 0.717) is 18.7 Å². The van der Waals surface area contributed by atoms with Crippen LogP contribution in [0.2, 0.25) is 0 Å². The molecule has 1 saturated heterocycles. The summed E-state index contributed by atoms with van der Waals surface area (Å²) in [4.78, 5) is 39.5. The van der Waals surface area contributed by atoms with Gasteiger partial charge in [0.05, 0.1) is 5.56 Å². The van der Waals surface area contributed by atoms with Crippen molar-refractivity contribution in [1.29, 1.82) is 0 Å². The van der Waals surface area contributed by atoms with Gasteiger partial charge in [-0.15, -0.1) is 0 Å². The van der Waals surface area contributed by atoms with Crippen LogP contribution < -0.4 is 0 Å². The van der Waals surface area contributed by atoms with Crippen LogP contribution in [0, 0.1) is 6.92 Å². The number of esters is 1. The number of ketones is 1. The summed E-state index contributed by atoms with van der Waals surface area (Å²) in [5.74, 6) is -1.10. The molecular weight excluding hydrogens is 342 g/mol. The average Bonchev–Trinajstić information content (AvgIpc) is 3.22. The van der Waals surface area contributed by atoms with Gasteiger partial charge in [-0.25, -0.2) is 4.79 Å². The number of hydrogen-bond acceptors (Lipinski definition) is 4. The molecule has 0 radical (unpaired) electrons. The Bertz CT molecular complexity index is 851. The van der Waals surface area contributed by atoms with Crippen LogP contribution in [-0.2, 0) is 9.53 Å². The fraction of sp³-hybridized carbons (Fsp3) is 0.318. The average molecular weight is 365 g/mol. The van der Waals surface area contributed by atoms with E-state index in [-0.39, 0.29) is 22.8 Å². The molecule has 27 heavy (non-hydrogen) atoms. The molecule has 140 valence electrons. The molecule has 5 nitrogen and oxygen atoms in total. The number of carbonyl (C=O) groups is 3. The van der Waals surface area contributed by atoms with E-state index in [1.165, 1.54) is 0 Å². The maximum absolute atomic E-state index is 12.8. The van der Waals surface area contributed by atoms with Gasteiger partial charge in [0.15, 0.2) is 11.9 Å². The summed E-state index contributed by atoms with van der Waals surface area (Å²) >= 11 is 0. The maximum Gasteiger partial charge on any atom is 0.339 e. The van der Waals surface area contributed by atoms with Crippen molar-refractivity contribution in [1.82, 2.24) is 4.90 Å². The van der Waals surface area contributed by atoms with E-state index in [4.69, 9.17) is 4.74 Å². The van der Waals surface area contributed by atoms with Crippen LogP contribution >= 0.6 is 0 Å². The van der Waals surface area contributed by atoms with Gasteiger partial charge in [0.1, 0.15) is 0 Å². The van der Waals surface area contributed by atoms with E-state index in [9.17, 15) is 14.4 Å². The van der Waals surface area contributed by atoms with Crippen molar-refractivity contribution in [3.63, 3.8) is 0 Å². The lowest BCUT2D eigenvalue weighted by Crippen LogP contribution is -2.38. The number of rotatable bonds is 5. The molecule has 0 unspecified atom stereocenters. The van der Waals surface area contributed by atoms with Gasteiger partial charge in [-0.2, -0.15) is 0 Å². The van der Waals surface area contributed by atoms with Crippen molar-refractivity contribution >= 4 is 17.7 Å². The third kappa shape index (κ3) is 4.25. The van der Waals surface area contributed by atoms with Crippen LogP contribution in [0.25, 0.3) is 0 Å². The van der Waals surface area contributed by atoms with Crippen LogP contribution in [-0.4, -0.2) is 41.8 Å². The molecule has 1 atom stereocenters. The van der Waals surface area contributed by atoms with Gasteiger partial charge in [0.2, 0.25) is 0 Å². The summed E-state index contributed by atoms with van der Waals surface area (Å²) in [6.45, 7) is 4.91. The molecule has 0 bridgehead atoms. The molecule has 1 heterocycles. The lowest BCUT2D eigenvalue weighted by atomic mass is 9.98. The zero-order chi connectivity index (χ0) is 19.4. The zero-order valence-electron chi connectivity index (χ0n) is 15.6. The summed E-state index contributed by atoms with van der Waals surface area (Å²) in [5.41, 5.74) is 1.99. The number of benzene rings is 2. The third-order valence-electron chi connectivity index (χ3n) is 4.75. The van der Waals surface area contributed by atoms with Crippen molar-refractivity contribution < 1.29 is 19.1 Å². The van der Waals surface area contributed by atoms with E-state index in [2.05, 4.69) is 0 Å². The minimum absolute atomic E-state index is 0.171. The Morgan fingerprint density at radius 3 is 2.15 bits per heavy atom. The van der Waals surface area contributed by atoms with Gasteiger partial charge in [-0.3, -0.25) is 9.59 Å². The largest absolute Gasteiger partial charge is 0.449 e. The van der Waals surface area contributed by atoms with E-state index < -0.39 is 12.1 Å². The zero-order valence-corrected chi connectivity index (χ0v) is 15.6. The molecule has 0 spiro atoms. The monoisotopic (exact) mass is 365 g/mol. The highest BCUT2D eigenvalue weighted by Gasteiger charge is 2.27. The second kappa shape index (κ2) is 8.16. The summed E-state index contributed by atoms with van der Waals surface area (Å²) in [6, 6.07) is 13.7. The summed E-state index contributed by atoms with van der Waals surface area (Å²) in [7, 11) is 0. The molecule has 2 aromatic rings. The first-order chi connectivity index (χ1) is 13.0. The summed E-state index contributed by atoms with van der Waals surface area (Å²) in [5, 5.41) is 0. The van der Waals surface area contributed by atoms with Crippen LogP contribution in [0.4, 0.5) is 0 Å². The standard InChI is InChI=1S/C22H23NO4/c1-15-9-11-17(12-10-15)20(24)18-7-3-4-8-19(18)22(26)27-16(2)21(25)23-13-5-6-14-23/h3-4,7-12,16H,5-6,13-14H2,1-2H3/t16-/m0/s1. The van der Waals surface area contributed by atoms with Crippen LogP contribution in [0.3, 0.4) is 0 Å². The topological polar surface area (TPSA) is 63.7 Å². The van der Waals surface area contributed by atoms with Gasteiger partial charge in [-0.1, -0.05) is 48.0 Å². The Morgan fingerprint density at radius 1 is 0.926 bits per heavy atom. The second-order valence-electron chi connectivity index (χ2n) is 6.82. The number of ether oxygens (including phenoxy) is 1. The fourth-order valence-electron chi connectivity index (χ4n) is 3.19. The summed E-state index contributed by atoms with van der Waals surface area (Å²) < 4.78 is 5.37. The van der Waals surface area contributed by atoms with Crippen LogP contribution in [0.15, 0.2) is 48.5 Å². The first kappa shape index (κ1) is 18.8. The molecule has 0 aromatic heterocycles. The van der Waals surface area contributed by atoms with Crippen molar-refractivity contribution in [3.8, 4) is 0 Å². The molecule has 1 amide bonds. The van der Waals surface area contributed by atoms with E-state index in [0.717, 1.165) is 18.4 Å². The minimum Gasteiger partial charge on any atom is -0.449 e. The Hall–Kier alpha value is -2.95. The first-order valence-electron chi connectivity index (χ1n) is 9.17. The van der Waals surface area contributed by atoms with Crippen molar-refractivity contribution in [3.05, 3.63) is 70.8 Å². The molecule has 1 fully saturated rings. The highest BCUT2D eigenvalue weighted by Crippen LogP contribution is 2.18. The number of nitrogens with zero attached hydrogens (tertiary/aromatic N) is 1. The van der Waals surface area contributed by atoms with Crippen molar-refractivity contribution in [2.45, 2.75) is 32.8 Å². The Labute approximate surface area is 158 Å². The molecule has 5 heteroatoms. The van der Waals surface area contributed by atoms with Gasteiger partial charge in [0.25, 0.3) is 5.91 Å². The van der Waals surface area contributed by atoms with E-state index in [1.807, 2.05) is 19.1 Å². The maximum atomic E-state index is 12.8. The van der Waals surface area contributed by atoms with Crippen LogP contribution in [0.5, 0.6) is 0 Å².